The second-order valence-electron chi connectivity index (χ2n) is 5.62. The van der Waals surface area contributed by atoms with Gasteiger partial charge in [-0.1, -0.05) is 23.5 Å². The van der Waals surface area contributed by atoms with Gasteiger partial charge in [0.25, 0.3) is 0 Å². The first kappa shape index (κ1) is 14.5. The first-order valence-electron chi connectivity index (χ1n) is 7.67. The summed E-state index contributed by atoms with van der Waals surface area (Å²) < 4.78 is 1.11. The molecule has 21 heavy (non-hydrogen) atoms. The number of anilines is 1. The number of hydrogen-bond donors (Lipinski definition) is 2. The van der Waals surface area contributed by atoms with Gasteiger partial charge < -0.3 is 10.6 Å². The molecule has 4 nitrogen and oxygen atoms in total. The number of rotatable bonds is 5. The molecular formula is C16H21N3OS. The van der Waals surface area contributed by atoms with Crippen LogP contribution in [0.4, 0.5) is 5.13 Å². The Hall–Kier alpha value is -1.46. The molecule has 0 saturated carbocycles. The number of hydrogen-bond acceptors (Lipinski definition) is 4. The van der Waals surface area contributed by atoms with E-state index in [0.717, 1.165) is 42.1 Å². The van der Waals surface area contributed by atoms with Gasteiger partial charge in [-0.05, 0) is 56.8 Å². The fourth-order valence-electron chi connectivity index (χ4n) is 2.83. The molecule has 0 radical (unpaired) electrons. The van der Waals surface area contributed by atoms with Crippen molar-refractivity contribution >= 4 is 32.6 Å². The number of nitrogens with zero attached hydrogens (tertiary/aromatic N) is 1. The van der Waals surface area contributed by atoms with Crippen molar-refractivity contribution < 1.29 is 4.79 Å². The van der Waals surface area contributed by atoms with Crippen molar-refractivity contribution in [2.75, 3.05) is 18.4 Å². The van der Waals surface area contributed by atoms with Crippen LogP contribution in [-0.2, 0) is 4.79 Å². The zero-order valence-corrected chi connectivity index (χ0v) is 12.9. The van der Waals surface area contributed by atoms with Crippen LogP contribution in [0.1, 0.15) is 32.1 Å². The summed E-state index contributed by atoms with van der Waals surface area (Å²) in [5, 5.41) is 7.01. The first-order valence-corrected chi connectivity index (χ1v) is 8.49. The van der Waals surface area contributed by atoms with Crippen LogP contribution in [-0.4, -0.2) is 24.0 Å². The van der Waals surface area contributed by atoms with Crippen molar-refractivity contribution in [2.24, 2.45) is 5.92 Å². The van der Waals surface area contributed by atoms with Crippen LogP contribution in [0.2, 0.25) is 0 Å². The third-order valence-electron chi connectivity index (χ3n) is 4.02. The lowest BCUT2D eigenvalue weighted by molar-refractivity contribution is -0.116. The summed E-state index contributed by atoms with van der Waals surface area (Å²) in [7, 11) is 0. The van der Waals surface area contributed by atoms with E-state index >= 15 is 0 Å². The molecule has 2 heterocycles. The number of nitrogens with one attached hydrogen (secondary N) is 2. The highest BCUT2D eigenvalue weighted by Gasteiger charge is 2.13. The summed E-state index contributed by atoms with van der Waals surface area (Å²) in [5.74, 6) is 0.879. The molecule has 1 aromatic carbocycles. The molecule has 0 bridgehead atoms. The number of aromatic nitrogens is 1. The van der Waals surface area contributed by atoms with Crippen LogP contribution in [0.5, 0.6) is 0 Å². The molecule has 3 rings (SSSR count). The summed E-state index contributed by atoms with van der Waals surface area (Å²) >= 11 is 1.54. The second kappa shape index (κ2) is 7.00. The van der Waals surface area contributed by atoms with Gasteiger partial charge in [0.2, 0.25) is 5.91 Å². The van der Waals surface area contributed by atoms with Gasteiger partial charge in [0.05, 0.1) is 10.2 Å². The summed E-state index contributed by atoms with van der Waals surface area (Å²) in [4.78, 5) is 16.4. The van der Waals surface area contributed by atoms with Gasteiger partial charge in [0.15, 0.2) is 5.13 Å². The maximum absolute atomic E-state index is 12.0. The SMILES string of the molecule is O=C(CCCC1CCNCC1)Nc1nc2ccccc2s1. The fourth-order valence-corrected chi connectivity index (χ4v) is 3.71. The number of thiazole rings is 1. The molecule has 2 N–H and O–H groups in total. The molecule has 1 fully saturated rings. The van der Waals surface area contributed by atoms with Gasteiger partial charge in [-0.15, -0.1) is 0 Å². The lowest BCUT2D eigenvalue weighted by Crippen LogP contribution is -2.27. The Bertz CT molecular complexity index is 571. The maximum Gasteiger partial charge on any atom is 0.226 e. The number of fused-ring (bicyclic) bond motifs is 1. The van der Waals surface area contributed by atoms with E-state index in [9.17, 15) is 4.79 Å². The molecule has 1 aliphatic rings. The Labute approximate surface area is 129 Å². The van der Waals surface area contributed by atoms with E-state index in [-0.39, 0.29) is 5.91 Å². The van der Waals surface area contributed by atoms with Gasteiger partial charge in [-0.3, -0.25) is 4.79 Å². The van der Waals surface area contributed by atoms with Gasteiger partial charge in [0.1, 0.15) is 0 Å². The lowest BCUT2D eigenvalue weighted by atomic mass is 9.92. The van der Waals surface area contributed by atoms with Gasteiger partial charge in [0, 0.05) is 6.42 Å². The molecule has 0 spiro atoms. The van der Waals surface area contributed by atoms with Crippen molar-refractivity contribution in [3.8, 4) is 0 Å². The molecule has 1 amide bonds. The monoisotopic (exact) mass is 303 g/mol. The molecule has 112 valence electrons. The summed E-state index contributed by atoms with van der Waals surface area (Å²) in [6, 6.07) is 7.95. The minimum atomic E-state index is 0.0861. The lowest BCUT2D eigenvalue weighted by Gasteiger charge is -2.22. The van der Waals surface area contributed by atoms with Crippen LogP contribution in [0.3, 0.4) is 0 Å². The Balaban J connectivity index is 1.45. The molecule has 1 aliphatic heterocycles. The zero-order chi connectivity index (χ0) is 14.5. The Kier molecular flexibility index (Phi) is 4.83. The number of para-hydroxylation sites is 1. The van der Waals surface area contributed by atoms with E-state index in [2.05, 4.69) is 15.6 Å². The van der Waals surface area contributed by atoms with E-state index in [1.165, 1.54) is 24.2 Å². The third-order valence-corrected chi connectivity index (χ3v) is 4.97. The van der Waals surface area contributed by atoms with Crippen molar-refractivity contribution in [1.29, 1.82) is 0 Å². The molecule has 1 aromatic heterocycles. The standard InChI is InChI=1S/C16H21N3OS/c20-15(7-3-4-12-8-10-17-11-9-12)19-16-18-13-5-1-2-6-14(13)21-16/h1-2,5-6,12,17H,3-4,7-11H2,(H,18,19,20). The van der Waals surface area contributed by atoms with Gasteiger partial charge in [-0.25, -0.2) is 4.98 Å². The molecule has 5 heteroatoms. The van der Waals surface area contributed by atoms with Crippen molar-refractivity contribution in [1.82, 2.24) is 10.3 Å². The Morgan fingerprint density at radius 3 is 2.95 bits per heavy atom. The highest BCUT2D eigenvalue weighted by Crippen LogP contribution is 2.25. The number of carbonyl (C=O) groups excluding carboxylic acids is 1. The van der Waals surface area contributed by atoms with Gasteiger partial charge >= 0.3 is 0 Å². The maximum atomic E-state index is 12.0. The number of piperidine rings is 1. The first-order chi connectivity index (χ1) is 10.3. The Morgan fingerprint density at radius 1 is 1.33 bits per heavy atom. The number of amides is 1. The van der Waals surface area contributed by atoms with Crippen molar-refractivity contribution in [3.63, 3.8) is 0 Å². The minimum Gasteiger partial charge on any atom is -0.317 e. The van der Waals surface area contributed by atoms with E-state index in [0.29, 0.717) is 11.6 Å². The normalized spacial score (nSPS) is 16.2. The van der Waals surface area contributed by atoms with Crippen LogP contribution < -0.4 is 10.6 Å². The average Bonchev–Trinajstić information content (AvgIpc) is 2.90. The van der Waals surface area contributed by atoms with Crippen LogP contribution in [0, 0.1) is 5.92 Å². The largest absolute Gasteiger partial charge is 0.317 e. The van der Waals surface area contributed by atoms with Crippen LogP contribution >= 0.6 is 11.3 Å². The highest BCUT2D eigenvalue weighted by atomic mass is 32.1. The topological polar surface area (TPSA) is 54.0 Å². The van der Waals surface area contributed by atoms with E-state index in [1.807, 2.05) is 24.3 Å². The fraction of sp³-hybridized carbons (Fsp3) is 0.500. The highest BCUT2D eigenvalue weighted by molar-refractivity contribution is 7.22. The molecule has 1 saturated heterocycles. The summed E-state index contributed by atoms with van der Waals surface area (Å²) in [6.07, 6.45) is 5.23. The Morgan fingerprint density at radius 2 is 2.14 bits per heavy atom. The molecular weight excluding hydrogens is 282 g/mol. The molecule has 2 aromatic rings. The van der Waals surface area contributed by atoms with E-state index in [4.69, 9.17) is 0 Å². The summed E-state index contributed by atoms with van der Waals surface area (Å²) in [6.45, 7) is 2.26. The van der Waals surface area contributed by atoms with Crippen LogP contribution in [0.15, 0.2) is 24.3 Å². The number of benzene rings is 1. The third kappa shape index (κ3) is 4.02. The molecule has 0 atom stereocenters. The van der Waals surface area contributed by atoms with E-state index < -0.39 is 0 Å². The molecule has 0 unspecified atom stereocenters. The van der Waals surface area contributed by atoms with E-state index in [1.54, 1.807) is 0 Å². The zero-order valence-electron chi connectivity index (χ0n) is 12.1. The second-order valence-corrected chi connectivity index (χ2v) is 6.65. The quantitative estimate of drug-likeness (QED) is 0.890. The van der Waals surface area contributed by atoms with Gasteiger partial charge in [-0.2, -0.15) is 0 Å². The van der Waals surface area contributed by atoms with Crippen molar-refractivity contribution in [2.45, 2.75) is 32.1 Å². The average molecular weight is 303 g/mol. The minimum absolute atomic E-state index is 0.0861. The predicted molar refractivity (Wildman–Crippen MR) is 87.7 cm³/mol. The predicted octanol–water partition coefficient (Wildman–Crippen LogP) is 3.40. The summed E-state index contributed by atoms with van der Waals surface area (Å²) in [5.41, 5.74) is 0.951. The van der Waals surface area contributed by atoms with Crippen LogP contribution in [0.25, 0.3) is 10.2 Å². The molecule has 0 aliphatic carbocycles. The smallest absolute Gasteiger partial charge is 0.226 e. The van der Waals surface area contributed by atoms with Crippen molar-refractivity contribution in [3.05, 3.63) is 24.3 Å². The number of carbonyl (C=O) groups is 1.